The van der Waals surface area contributed by atoms with E-state index in [1.54, 1.807) is 0 Å². The van der Waals surface area contributed by atoms with E-state index in [0.717, 1.165) is 18.1 Å². The Kier molecular flexibility index (Phi) is 6.11. The van der Waals surface area contributed by atoms with Crippen molar-refractivity contribution < 1.29 is 0 Å². The van der Waals surface area contributed by atoms with Crippen molar-refractivity contribution in [3.05, 3.63) is 0 Å². The van der Waals surface area contributed by atoms with Crippen LogP contribution >= 0.6 is 0 Å². The molecule has 112 valence electrons. The molecule has 0 saturated carbocycles. The summed E-state index contributed by atoms with van der Waals surface area (Å²) in [6.45, 7) is 13.3. The molecule has 0 spiro atoms. The van der Waals surface area contributed by atoms with E-state index in [9.17, 15) is 0 Å². The molecule has 2 saturated heterocycles. The number of rotatable bonds is 5. The third-order valence-corrected chi connectivity index (χ3v) is 5.07. The van der Waals surface area contributed by atoms with E-state index < -0.39 is 0 Å². The molecule has 19 heavy (non-hydrogen) atoms. The lowest BCUT2D eigenvalue weighted by molar-refractivity contribution is 0.0400. The van der Waals surface area contributed by atoms with Crippen LogP contribution in [0, 0.1) is 0 Å². The number of likely N-dealkylation sites (tertiary alicyclic amines) is 1. The fourth-order valence-electron chi connectivity index (χ4n) is 3.78. The molecule has 0 aliphatic carbocycles. The molecule has 0 radical (unpaired) electrons. The van der Waals surface area contributed by atoms with Crippen molar-refractivity contribution in [2.24, 2.45) is 0 Å². The van der Waals surface area contributed by atoms with Crippen molar-refractivity contribution in [2.75, 3.05) is 32.7 Å². The van der Waals surface area contributed by atoms with Gasteiger partial charge in [-0.15, -0.1) is 0 Å². The molecule has 3 heteroatoms. The summed E-state index contributed by atoms with van der Waals surface area (Å²) in [6.07, 6.45) is 6.62. The van der Waals surface area contributed by atoms with Crippen LogP contribution in [0.3, 0.4) is 0 Å². The Morgan fingerprint density at radius 3 is 2.37 bits per heavy atom. The molecule has 1 N–H and O–H groups in total. The van der Waals surface area contributed by atoms with Crippen LogP contribution in [0.2, 0.25) is 0 Å². The van der Waals surface area contributed by atoms with Crippen LogP contribution in [0.5, 0.6) is 0 Å². The molecule has 2 aliphatic heterocycles. The van der Waals surface area contributed by atoms with Gasteiger partial charge in [0.15, 0.2) is 0 Å². The summed E-state index contributed by atoms with van der Waals surface area (Å²) in [5.74, 6) is 0. The van der Waals surface area contributed by atoms with Crippen molar-refractivity contribution in [1.29, 1.82) is 0 Å². The molecule has 2 aliphatic rings. The first kappa shape index (κ1) is 15.3. The van der Waals surface area contributed by atoms with Gasteiger partial charge in [-0.3, -0.25) is 4.90 Å². The minimum absolute atomic E-state index is 0.719. The minimum atomic E-state index is 0.719. The van der Waals surface area contributed by atoms with E-state index in [4.69, 9.17) is 0 Å². The molecule has 2 atom stereocenters. The van der Waals surface area contributed by atoms with Gasteiger partial charge < -0.3 is 10.2 Å². The van der Waals surface area contributed by atoms with Crippen molar-refractivity contribution in [3.63, 3.8) is 0 Å². The van der Waals surface area contributed by atoms with Gasteiger partial charge in [0.1, 0.15) is 0 Å². The maximum Gasteiger partial charge on any atom is 0.0221 e. The Morgan fingerprint density at radius 2 is 1.79 bits per heavy atom. The van der Waals surface area contributed by atoms with Crippen LogP contribution < -0.4 is 5.32 Å². The third-order valence-electron chi connectivity index (χ3n) is 5.07. The van der Waals surface area contributed by atoms with Gasteiger partial charge in [0.2, 0.25) is 0 Å². The van der Waals surface area contributed by atoms with E-state index >= 15 is 0 Å². The number of nitrogens with one attached hydrogen (secondary N) is 1. The number of hydrogen-bond donors (Lipinski definition) is 1. The number of nitrogens with zero attached hydrogens (tertiary/aromatic N) is 2. The van der Waals surface area contributed by atoms with Crippen molar-refractivity contribution in [2.45, 2.75) is 71.0 Å². The molecule has 2 unspecified atom stereocenters. The quantitative estimate of drug-likeness (QED) is 0.825. The molecule has 0 aromatic heterocycles. The highest BCUT2D eigenvalue weighted by molar-refractivity contribution is 4.91. The smallest absolute Gasteiger partial charge is 0.0221 e. The van der Waals surface area contributed by atoms with E-state index in [0.29, 0.717) is 0 Å². The molecule has 2 heterocycles. The second kappa shape index (κ2) is 7.61. The standard InChI is InChI=1S/C16H33N3/c1-4-9-18-10-7-16(8-11-18)19-13-14(5-2)17-12-15(19)6-3/h14-17H,4-13H2,1-3H3. The summed E-state index contributed by atoms with van der Waals surface area (Å²) >= 11 is 0. The maximum atomic E-state index is 3.72. The zero-order valence-corrected chi connectivity index (χ0v) is 13.2. The second-order valence-corrected chi connectivity index (χ2v) is 6.35. The van der Waals surface area contributed by atoms with Gasteiger partial charge in [-0.2, -0.15) is 0 Å². The molecular formula is C16H33N3. The average Bonchev–Trinajstić information content (AvgIpc) is 2.47. The first-order chi connectivity index (χ1) is 9.28. The van der Waals surface area contributed by atoms with Gasteiger partial charge in [-0.05, 0) is 51.7 Å². The maximum absolute atomic E-state index is 3.72. The molecule has 0 amide bonds. The molecule has 2 rings (SSSR count). The molecule has 0 aromatic carbocycles. The summed E-state index contributed by atoms with van der Waals surface area (Å²) in [4.78, 5) is 5.49. The molecule has 0 bridgehead atoms. The lowest BCUT2D eigenvalue weighted by Crippen LogP contribution is -2.60. The molecular weight excluding hydrogens is 234 g/mol. The van der Waals surface area contributed by atoms with Gasteiger partial charge in [-0.1, -0.05) is 20.8 Å². The van der Waals surface area contributed by atoms with Gasteiger partial charge in [-0.25, -0.2) is 0 Å². The van der Waals surface area contributed by atoms with Crippen LogP contribution in [0.15, 0.2) is 0 Å². The monoisotopic (exact) mass is 267 g/mol. The minimum Gasteiger partial charge on any atom is -0.311 e. The van der Waals surface area contributed by atoms with E-state index in [1.165, 1.54) is 64.8 Å². The Labute approximate surface area is 119 Å². The lowest BCUT2D eigenvalue weighted by atomic mass is 9.96. The van der Waals surface area contributed by atoms with Crippen LogP contribution in [0.4, 0.5) is 0 Å². The predicted octanol–water partition coefficient (Wildman–Crippen LogP) is 2.32. The van der Waals surface area contributed by atoms with Crippen LogP contribution in [-0.2, 0) is 0 Å². The van der Waals surface area contributed by atoms with Gasteiger partial charge in [0.05, 0.1) is 0 Å². The normalized spacial score (nSPS) is 31.7. The zero-order valence-electron chi connectivity index (χ0n) is 13.2. The highest BCUT2D eigenvalue weighted by atomic mass is 15.3. The third kappa shape index (κ3) is 3.93. The van der Waals surface area contributed by atoms with Gasteiger partial charge in [0.25, 0.3) is 0 Å². The number of piperazine rings is 1. The van der Waals surface area contributed by atoms with Crippen LogP contribution in [0.25, 0.3) is 0 Å². The Balaban J connectivity index is 1.88. The highest BCUT2D eigenvalue weighted by Crippen LogP contribution is 2.23. The van der Waals surface area contributed by atoms with E-state index in [-0.39, 0.29) is 0 Å². The molecule has 3 nitrogen and oxygen atoms in total. The topological polar surface area (TPSA) is 18.5 Å². The summed E-state index contributed by atoms with van der Waals surface area (Å²) < 4.78 is 0. The summed E-state index contributed by atoms with van der Waals surface area (Å²) in [5, 5.41) is 3.72. The number of hydrogen-bond acceptors (Lipinski definition) is 3. The highest BCUT2D eigenvalue weighted by Gasteiger charge is 2.32. The molecule has 0 aromatic rings. The molecule has 2 fully saturated rings. The summed E-state index contributed by atoms with van der Waals surface area (Å²) in [5.41, 5.74) is 0. The average molecular weight is 267 g/mol. The summed E-state index contributed by atoms with van der Waals surface area (Å²) in [6, 6.07) is 2.33. The van der Waals surface area contributed by atoms with E-state index in [1.807, 2.05) is 0 Å². The first-order valence-corrected chi connectivity index (χ1v) is 8.49. The van der Waals surface area contributed by atoms with Gasteiger partial charge in [0, 0.05) is 31.2 Å². The van der Waals surface area contributed by atoms with E-state index in [2.05, 4.69) is 35.9 Å². The SMILES string of the molecule is CCCN1CCC(N2CC(CC)NCC2CC)CC1. The predicted molar refractivity (Wildman–Crippen MR) is 82.6 cm³/mol. The Bertz CT molecular complexity index is 248. The van der Waals surface area contributed by atoms with Crippen LogP contribution in [-0.4, -0.2) is 60.6 Å². The largest absolute Gasteiger partial charge is 0.311 e. The first-order valence-electron chi connectivity index (χ1n) is 8.49. The fraction of sp³-hybridized carbons (Fsp3) is 1.00. The lowest BCUT2D eigenvalue weighted by Gasteiger charge is -2.47. The van der Waals surface area contributed by atoms with Crippen molar-refractivity contribution in [3.8, 4) is 0 Å². The van der Waals surface area contributed by atoms with Gasteiger partial charge >= 0.3 is 0 Å². The fourth-order valence-corrected chi connectivity index (χ4v) is 3.78. The second-order valence-electron chi connectivity index (χ2n) is 6.35. The van der Waals surface area contributed by atoms with Crippen LogP contribution in [0.1, 0.15) is 52.9 Å². The Morgan fingerprint density at radius 1 is 1.05 bits per heavy atom. The summed E-state index contributed by atoms with van der Waals surface area (Å²) in [7, 11) is 0. The Hall–Kier alpha value is -0.120. The zero-order chi connectivity index (χ0) is 13.7. The number of piperidine rings is 1. The van der Waals surface area contributed by atoms with Crippen molar-refractivity contribution in [1.82, 2.24) is 15.1 Å². The van der Waals surface area contributed by atoms with Crippen molar-refractivity contribution >= 4 is 0 Å².